The van der Waals surface area contributed by atoms with Gasteiger partial charge in [0.25, 0.3) is 0 Å². The zero-order chi connectivity index (χ0) is 37.7. The molecule has 0 saturated heterocycles. The largest absolute Gasteiger partial charge is 0.309 e. The molecular weight excluding hydrogens is 695 g/mol. The molecule has 0 fully saturated rings. The predicted octanol–water partition coefficient (Wildman–Crippen LogP) is 13.0. The summed E-state index contributed by atoms with van der Waals surface area (Å²) in [6, 6.07) is 69.8. The SMILES string of the molecule is c1ccc(-c2nc(-c3ccccc3)nc(-c3ccc(-c4ccc5c(c4)nc(-c4ccccc4)c4c5ccc5c4c4ccccc4n5-c4ccccc4)cc3)n2)cc1. The van der Waals surface area contributed by atoms with Crippen LogP contribution in [-0.2, 0) is 0 Å². The average Bonchev–Trinajstić information content (AvgIpc) is 3.64. The minimum absolute atomic E-state index is 0.633. The third kappa shape index (κ3) is 5.64. The van der Waals surface area contributed by atoms with Crippen LogP contribution in [0.2, 0.25) is 0 Å². The molecule has 0 atom stereocenters. The molecule has 8 aromatic carbocycles. The molecule has 3 aromatic heterocycles. The van der Waals surface area contributed by atoms with E-state index in [0.29, 0.717) is 17.5 Å². The van der Waals surface area contributed by atoms with Crippen molar-refractivity contribution in [3.8, 4) is 62.2 Å². The first-order chi connectivity index (χ1) is 28.3. The van der Waals surface area contributed by atoms with Crippen LogP contribution in [0.5, 0.6) is 0 Å². The van der Waals surface area contributed by atoms with Crippen LogP contribution in [0.4, 0.5) is 0 Å². The summed E-state index contributed by atoms with van der Waals surface area (Å²) in [7, 11) is 0. The molecule has 0 radical (unpaired) electrons. The molecule has 0 aliphatic heterocycles. The van der Waals surface area contributed by atoms with Gasteiger partial charge in [0.05, 0.1) is 22.2 Å². The van der Waals surface area contributed by atoms with Crippen LogP contribution >= 0.6 is 0 Å². The molecule has 5 heteroatoms. The van der Waals surface area contributed by atoms with Gasteiger partial charge in [0.15, 0.2) is 17.5 Å². The second kappa shape index (κ2) is 13.5. The first-order valence-corrected chi connectivity index (χ1v) is 19.1. The summed E-state index contributed by atoms with van der Waals surface area (Å²) in [4.78, 5) is 20.2. The number of para-hydroxylation sites is 2. The van der Waals surface area contributed by atoms with Gasteiger partial charge in [-0.2, -0.15) is 0 Å². The third-order valence-corrected chi connectivity index (χ3v) is 10.8. The molecule has 0 aliphatic rings. The van der Waals surface area contributed by atoms with Gasteiger partial charge >= 0.3 is 0 Å². The van der Waals surface area contributed by atoms with Crippen LogP contribution in [0.3, 0.4) is 0 Å². The molecule has 0 N–H and O–H groups in total. The molecule has 11 rings (SSSR count). The van der Waals surface area contributed by atoms with Crippen LogP contribution in [-0.4, -0.2) is 24.5 Å². The Kier molecular flexibility index (Phi) is 7.74. The van der Waals surface area contributed by atoms with Crippen molar-refractivity contribution in [3.05, 3.63) is 200 Å². The highest BCUT2D eigenvalue weighted by Gasteiger charge is 2.20. The summed E-state index contributed by atoms with van der Waals surface area (Å²) in [5.74, 6) is 1.92. The van der Waals surface area contributed by atoms with Crippen LogP contribution < -0.4 is 0 Å². The number of hydrogen-bond acceptors (Lipinski definition) is 4. The van der Waals surface area contributed by atoms with Crippen LogP contribution in [0.1, 0.15) is 0 Å². The predicted molar refractivity (Wildman–Crippen MR) is 234 cm³/mol. The maximum Gasteiger partial charge on any atom is 0.164 e. The van der Waals surface area contributed by atoms with E-state index in [4.69, 9.17) is 19.9 Å². The van der Waals surface area contributed by atoms with Crippen molar-refractivity contribution in [3.63, 3.8) is 0 Å². The van der Waals surface area contributed by atoms with Crippen molar-refractivity contribution in [2.75, 3.05) is 0 Å². The van der Waals surface area contributed by atoms with E-state index in [2.05, 4.69) is 144 Å². The van der Waals surface area contributed by atoms with Gasteiger partial charge in [-0.15, -0.1) is 0 Å². The number of aromatic nitrogens is 5. The Morgan fingerprint density at radius 2 is 0.789 bits per heavy atom. The highest BCUT2D eigenvalue weighted by Crippen LogP contribution is 2.43. The van der Waals surface area contributed by atoms with Gasteiger partial charge in [0, 0.05) is 49.5 Å². The third-order valence-electron chi connectivity index (χ3n) is 10.8. The molecule has 0 unspecified atom stereocenters. The standard InChI is InChI=1S/C52H33N5/c1-5-15-35(16-6-1)49-48-42(31-32-46-47(48)43-23-13-14-24-45(43)57(46)40-21-11-4-12-22-40)41-30-29-39(33-44(41)53-49)34-25-27-38(28-26-34)52-55-50(36-17-7-2-8-18-36)54-51(56-52)37-19-9-3-10-20-37/h1-33H. The number of nitrogens with zero attached hydrogens (tertiary/aromatic N) is 5. The van der Waals surface area contributed by atoms with Crippen molar-refractivity contribution in [1.82, 2.24) is 24.5 Å². The van der Waals surface area contributed by atoms with Gasteiger partial charge in [-0.1, -0.05) is 170 Å². The minimum atomic E-state index is 0.633. The van der Waals surface area contributed by atoms with E-state index in [1.54, 1.807) is 0 Å². The molecule has 266 valence electrons. The summed E-state index contributed by atoms with van der Waals surface area (Å²) in [6.07, 6.45) is 0. The van der Waals surface area contributed by atoms with Crippen molar-refractivity contribution in [1.29, 1.82) is 0 Å². The van der Waals surface area contributed by atoms with Gasteiger partial charge in [-0.05, 0) is 46.8 Å². The topological polar surface area (TPSA) is 56.5 Å². The second-order valence-electron chi connectivity index (χ2n) is 14.2. The monoisotopic (exact) mass is 727 g/mol. The number of pyridine rings is 1. The Balaban J connectivity index is 1.06. The number of fused-ring (bicyclic) bond motifs is 7. The number of rotatable bonds is 6. The highest BCUT2D eigenvalue weighted by atomic mass is 15.0. The molecule has 0 saturated carbocycles. The quantitative estimate of drug-likeness (QED) is 0.160. The van der Waals surface area contributed by atoms with Gasteiger partial charge in [-0.3, -0.25) is 0 Å². The van der Waals surface area contributed by atoms with Crippen molar-refractivity contribution in [2.45, 2.75) is 0 Å². The van der Waals surface area contributed by atoms with Crippen molar-refractivity contribution < 1.29 is 0 Å². The molecule has 0 amide bonds. The Hall–Kier alpha value is -7.76. The Morgan fingerprint density at radius 3 is 1.42 bits per heavy atom. The average molecular weight is 728 g/mol. The van der Waals surface area contributed by atoms with Gasteiger partial charge in [0.1, 0.15) is 0 Å². The summed E-state index contributed by atoms with van der Waals surface area (Å²) in [5.41, 5.74) is 11.5. The van der Waals surface area contributed by atoms with E-state index in [-0.39, 0.29) is 0 Å². The van der Waals surface area contributed by atoms with Crippen LogP contribution in [0.15, 0.2) is 200 Å². The molecule has 0 spiro atoms. The smallest absolute Gasteiger partial charge is 0.164 e. The zero-order valence-corrected chi connectivity index (χ0v) is 30.8. The second-order valence-corrected chi connectivity index (χ2v) is 14.2. The Morgan fingerprint density at radius 1 is 0.298 bits per heavy atom. The van der Waals surface area contributed by atoms with E-state index >= 15 is 0 Å². The Bertz CT molecular complexity index is 3190. The summed E-state index contributed by atoms with van der Waals surface area (Å²) in [6.45, 7) is 0. The molecule has 0 bridgehead atoms. The molecule has 11 aromatic rings. The fourth-order valence-electron chi connectivity index (χ4n) is 8.15. The summed E-state index contributed by atoms with van der Waals surface area (Å²) in [5, 5.41) is 5.89. The fraction of sp³-hybridized carbons (Fsp3) is 0. The maximum absolute atomic E-state index is 5.50. The lowest BCUT2D eigenvalue weighted by atomic mass is 9.94. The number of hydrogen-bond donors (Lipinski definition) is 0. The Labute approximate surface area is 329 Å². The number of benzene rings is 8. The van der Waals surface area contributed by atoms with E-state index in [1.165, 1.54) is 21.7 Å². The first kappa shape index (κ1) is 32.7. The molecule has 57 heavy (non-hydrogen) atoms. The highest BCUT2D eigenvalue weighted by molar-refractivity contribution is 6.28. The van der Waals surface area contributed by atoms with Crippen LogP contribution in [0, 0.1) is 0 Å². The molecule has 3 heterocycles. The van der Waals surface area contributed by atoms with E-state index in [0.717, 1.165) is 66.6 Å². The van der Waals surface area contributed by atoms with E-state index in [1.807, 2.05) is 60.7 Å². The summed E-state index contributed by atoms with van der Waals surface area (Å²) < 4.78 is 2.37. The van der Waals surface area contributed by atoms with E-state index in [9.17, 15) is 0 Å². The van der Waals surface area contributed by atoms with Gasteiger partial charge in [-0.25, -0.2) is 19.9 Å². The normalized spacial score (nSPS) is 11.5. The van der Waals surface area contributed by atoms with E-state index < -0.39 is 0 Å². The lowest BCUT2D eigenvalue weighted by Crippen LogP contribution is -2.00. The van der Waals surface area contributed by atoms with Crippen LogP contribution in [0.25, 0.3) is 106 Å². The molecule has 0 aliphatic carbocycles. The maximum atomic E-state index is 5.50. The lowest BCUT2D eigenvalue weighted by Gasteiger charge is -2.14. The lowest BCUT2D eigenvalue weighted by molar-refractivity contribution is 1.07. The summed E-state index contributed by atoms with van der Waals surface area (Å²) >= 11 is 0. The van der Waals surface area contributed by atoms with Gasteiger partial charge < -0.3 is 4.57 Å². The molecular formula is C52H33N5. The molecule has 5 nitrogen and oxygen atoms in total. The zero-order valence-electron chi connectivity index (χ0n) is 30.8. The minimum Gasteiger partial charge on any atom is -0.309 e. The fourth-order valence-corrected chi connectivity index (χ4v) is 8.15. The van der Waals surface area contributed by atoms with Crippen molar-refractivity contribution in [2.24, 2.45) is 0 Å². The van der Waals surface area contributed by atoms with Crippen molar-refractivity contribution >= 4 is 43.5 Å². The first-order valence-electron chi connectivity index (χ1n) is 19.1. The van der Waals surface area contributed by atoms with Gasteiger partial charge in [0.2, 0.25) is 0 Å².